The van der Waals surface area contributed by atoms with Gasteiger partial charge in [-0.15, -0.1) is 0 Å². The monoisotopic (exact) mass is 397 g/mol. The largest absolute Gasteiger partial charge is 0.381 e. The van der Waals surface area contributed by atoms with E-state index < -0.39 is 0 Å². The number of fused-ring (bicyclic) bond motifs is 1. The summed E-state index contributed by atoms with van der Waals surface area (Å²) < 4.78 is 7.43. The molecular formula is C24H35N3O2. The number of likely N-dealkylation sites (tertiary alicyclic amines) is 1. The zero-order valence-electron chi connectivity index (χ0n) is 18.0. The van der Waals surface area contributed by atoms with E-state index in [0.29, 0.717) is 18.4 Å². The van der Waals surface area contributed by atoms with Crippen molar-refractivity contribution < 1.29 is 9.53 Å². The zero-order valence-corrected chi connectivity index (χ0v) is 18.0. The maximum Gasteiger partial charge on any atom is 0.165 e. The molecule has 2 fully saturated rings. The van der Waals surface area contributed by atoms with E-state index in [1.807, 2.05) is 29.1 Å². The number of rotatable bonds is 7. The second-order valence-corrected chi connectivity index (χ2v) is 9.21. The number of ether oxygens (including phenoxy) is 1. The molecule has 1 aromatic carbocycles. The Morgan fingerprint density at radius 3 is 2.62 bits per heavy atom. The van der Waals surface area contributed by atoms with Gasteiger partial charge in [-0.1, -0.05) is 12.1 Å². The second kappa shape index (κ2) is 9.40. The third-order valence-corrected chi connectivity index (χ3v) is 6.73. The van der Waals surface area contributed by atoms with Gasteiger partial charge in [-0.05, 0) is 76.9 Å². The van der Waals surface area contributed by atoms with Crippen LogP contribution >= 0.6 is 0 Å². The first kappa shape index (κ1) is 20.5. The minimum Gasteiger partial charge on any atom is -0.381 e. The highest BCUT2D eigenvalue weighted by Crippen LogP contribution is 2.26. The van der Waals surface area contributed by atoms with E-state index in [9.17, 15) is 4.79 Å². The lowest BCUT2D eigenvalue weighted by atomic mass is 9.89. The van der Waals surface area contributed by atoms with Crippen molar-refractivity contribution in [3.8, 4) is 0 Å². The van der Waals surface area contributed by atoms with Crippen LogP contribution < -0.4 is 0 Å². The van der Waals surface area contributed by atoms with Gasteiger partial charge >= 0.3 is 0 Å². The van der Waals surface area contributed by atoms with Crippen LogP contribution in [-0.4, -0.2) is 53.3 Å². The summed E-state index contributed by atoms with van der Waals surface area (Å²) in [5, 5.41) is 5.73. The first-order valence-corrected chi connectivity index (χ1v) is 11.4. The maximum absolute atomic E-state index is 12.9. The quantitative estimate of drug-likeness (QED) is 0.634. The Kier molecular flexibility index (Phi) is 6.66. The van der Waals surface area contributed by atoms with E-state index >= 15 is 0 Å². The van der Waals surface area contributed by atoms with Crippen LogP contribution in [0.25, 0.3) is 10.9 Å². The van der Waals surface area contributed by atoms with Crippen molar-refractivity contribution in [2.45, 2.75) is 58.4 Å². The molecule has 0 radical (unpaired) electrons. The van der Waals surface area contributed by atoms with E-state index in [2.05, 4.69) is 23.8 Å². The van der Waals surface area contributed by atoms with Crippen LogP contribution in [0.15, 0.2) is 24.4 Å². The van der Waals surface area contributed by atoms with E-state index in [-0.39, 0.29) is 5.78 Å². The number of ketones is 1. The Labute approximate surface area is 174 Å². The first-order valence-electron chi connectivity index (χ1n) is 11.4. The molecule has 5 heteroatoms. The lowest BCUT2D eigenvalue weighted by molar-refractivity contribution is 0.0464. The molecule has 2 aromatic rings. The molecule has 2 saturated heterocycles. The van der Waals surface area contributed by atoms with Gasteiger partial charge in [0.05, 0.1) is 0 Å². The summed E-state index contributed by atoms with van der Waals surface area (Å²) in [7, 11) is 0. The number of carbonyl (C=O) groups excluding carboxylic acids is 1. The minimum absolute atomic E-state index is 0.245. The summed E-state index contributed by atoms with van der Waals surface area (Å²) in [6.45, 7) is 9.70. The van der Waals surface area contributed by atoms with Crippen molar-refractivity contribution in [2.75, 3.05) is 32.8 Å². The number of Topliss-reactive ketones (excluding diaryl/α,β-unsaturated/α-hetero) is 1. The molecule has 4 rings (SSSR count). The number of piperidine rings is 1. The molecular weight excluding hydrogens is 362 g/mol. The van der Waals surface area contributed by atoms with E-state index in [0.717, 1.165) is 42.0 Å². The summed E-state index contributed by atoms with van der Waals surface area (Å²) >= 11 is 0. The van der Waals surface area contributed by atoms with Gasteiger partial charge < -0.3 is 9.64 Å². The van der Waals surface area contributed by atoms with Crippen molar-refractivity contribution in [3.05, 3.63) is 30.0 Å². The number of carbonyl (C=O) groups is 1. The third kappa shape index (κ3) is 5.07. The van der Waals surface area contributed by atoms with Gasteiger partial charge in [0.25, 0.3) is 0 Å². The fourth-order valence-electron chi connectivity index (χ4n) is 4.78. The van der Waals surface area contributed by atoms with Crippen LogP contribution in [0.2, 0.25) is 0 Å². The van der Waals surface area contributed by atoms with Gasteiger partial charge in [0, 0.05) is 49.4 Å². The highest BCUT2D eigenvalue weighted by atomic mass is 16.5. The molecule has 29 heavy (non-hydrogen) atoms. The Morgan fingerprint density at radius 2 is 1.90 bits per heavy atom. The average Bonchev–Trinajstić information content (AvgIpc) is 3.19. The molecule has 3 heterocycles. The van der Waals surface area contributed by atoms with Crippen LogP contribution in [0, 0.1) is 11.8 Å². The number of aromatic nitrogens is 2. The SMILES string of the molecule is CC(C)n1cc2cccc(C(=O)CCC3CCN(CC4CCOCC4)CC3)c2n1. The maximum atomic E-state index is 12.9. The lowest BCUT2D eigenvalue weighted by Gasteiger charge is -2.35. The van der Waals surface area contributed by atoms with Gasteiger partial charge in [0.1, 0.15) is 5.52 Å². The standard InChI is InChI=1S/C24H35N3O2/c1-18(2)27-17-21-4-3-5-22(24(21)25-27)23(28)7-6-19-8-12-26(13-9-19)16-20-10-14-29-15-11-20/h3-5,17-20H,6-16H2,1-2H3. The first-order chi connectivity index (χ1) is 14.1. The predicted octanol–water partition coefficient (Wildman–Crippen LogP) is 4.72. The van der Waals surface area contributed by atoms with Gasteiger partial charge in [0.15, 0.2) is 5.78 Å². The Morgan fingerprint density at radius 1 is 1.14 bits per heavy atom. The molecule has 0 bridgehead atoms. The Balaban J connectivity index is 1.28. The van der Waals surface area contributed by atoms with Crippen molar-refractivity contribution in [1.82, 2.24) is 14.7 Å². The van der Waals surface area contributed by atoms with Gasteiger partial charge in [-0.2, -0.15) is 5.10 Å². The zero-order chi connectivity index (χ0) is 20.2. The molecule has 0 spiro atoms. The summed E-state index contributed by atoms with van der Waals surface area (Å²) in [6.07, 6.45) is 8.57. The Bertz CT molecular complexity index is 815. The van der Waals surface area contributed by atoms with Crippen LogP contribution in [0.3, 0.4) is 0 Å². The lowest BCUT2D eigenvalue weighted by Crippen LogP contribution is -2.38. The highest BCUT2D eigenvalue weighted by molar-refractivity contribution is 6.06. The van der Waals surface area contributed by atoms with Crippen LogP contribution in [0.1, 0.15) is 68.8 Å². The molecule has 0 saturated carbocycles. The molecule has 0 N–H and O–H groups in total. The highest BCUT2D eigenvalue weighted by Gasteiger charge is 2.24. The van der Waals surface area contributed by atoms with Crippen LogP contribution in [-0.2, 0) is 4.74 Å². The topological polar surface area (TPSA) is 47.4 Å². The average molecular weight is 398 g/mol. The van der Waals surface area contributed by atoms with Crippen LogP contribution in [0.5, 0.6) is 0 Å². The number of nitrogens with zero attached hydrogens (tertiary/aromatic N) is 3. The van der Waals surface area contributed by atoms with Crippen molar-refractivity contribution in [2.24, 2.45) is 11.8 Å². The van der Waals surface area contributed by atoms with Crippen molar-refractivity contribution >= 4 is 16.7 Å². The summed E-state index contributed by atoms with van der Waals surface area (Å²) in [4.78, 5) is 15.6. The van der Waals surface area contributed by atoms with E-state index in [1.54, 1.807) is 0 Å². The molecule has 0 amide bonds. The minimum atomic E-state index is 0.245. The molecule has 2 aliphatic rings. The van der Waals surface area contributed by atoms with Gasteiger partial charge in [-0.25, -0.2) is 0 Å². The predicted molar refractivity (Wildman–Crippen MR) is 116 cm³/mol. The fraction of sp³-hybridized carbons (Fsp3) is 0.667. The number of hydrogen-bond acceptors (Lipinski definition) is 4. The van der Waals surface area contributed by atoms with E-state index in [4.69, 9.17) is 4.74 Å². The summed E-state index contributed by atoms with van der Waals surface area (Å²) in [6, 6.07) is 6.28. The molecule has 5 nitrogen and oxygen atoms in total. The van der Waals surface area contributed by atoms with Gasteiger partial charge in [0.2, 0.25) is 0 Å². The van der Waals surface area contributed by atoms with Gasteiger partial charge in [-0.3, -0.25) is 9.48 Å². The third-order valence-electron chi connectivity index (χ3n) is 6.73. The van der Waals surface area contributed by atoms with Crippen LogP contribution in [0.4, 0.5) is 0 Å². The number of hydrogen-bond donors (Lipinski definition) is 0. The summed E-state index contributed by atoms with van der Waals surface area (Å²) in [5.74, 6) is 1.74. The molecule has 0 atom stereocenters. The molecule has 0 aliphatic carbocycles. The summed E-state index contributed by atoms with van der Waals surface area (Å²) in [5.41, 5.74) is 1.65. The molecule has 2 aliphatic heterocycles. The fourth-order valence-corrected chi connectivity index (χ4v) is 4.78. The molecule has 0 unspecified atom stereocenters. The molecule has 1 aromatic heterocycles. The van der Waals surface area contributed by atoms with Crippen molar-refractivity contribution in [3.63, 3.8) is 0 Å². The van der Waals surface area contributed by atoms with E-state index in [1.165, 1.54) is 45.3 Å². The smallest absolute Gasteiger partial charge is 0.165 e. The normalized spacial score (nSPS) is 20.0. The van der Waals surface area contributed by atoms with Crippen molar-refractivity contribution in [1.29, 1.82) is 0 Å². The second-order valence-electron chi connectivity index (χ2n) is 9.21. The molecule has 158 valence electrons. The number of benzene rings is 1. The Hall–Kier alpha value is -1.72.